The third kappa shape index (κ3) is 7.52. The Morgan fingerprint density at radius 1 is 1.05 bits per heavy atom. The number of amides is 1. The fourth-order valence-electron chi connectivity index (χ4n) is 4.28. The Hall–Kier alpha value is -2.68. The molecule has 4 heterocycles. The second-order valence-electron chi connectivity index (χ2n) is 9.61. The van der Waals surface area contributed by atoms with Gasteiger partial charge in [-0.2, -0.15) is 13.9 Å². The molecule has 0 spiro atoms. The number of pyridine rings is 1. The molecule has 10 N–H and O–H groups in total. The summed E-state index contributed by atoms with van der Waals surface area (Å²) >= 11 is 0. The number of aliphatic hydroxyl groups excluding tert-OH is 4. The lowest BCUT2D eigenvalue weighted by Gasteiger charge is -2.20. The van der Waals surface area contributed by atoms with Gasteiger partial charge in [0.2, 0.25) is 0 Å². The molecule has 0 aliphatic carbocycles. The fraction of sp³-hybridized carbons (Fsp3) is 0.524. The molecule has 0 radical (unpaired) electrons. The third-order valence-electron chi connectivity index (χ3n) is 6.53. The van der Waals surface area contributed by atoms with E-state index in [1.807, 2.05) is 0 Å². The topological polar surface area (TPSA) is 310 Å². The number of carbonyl (C=O) groups excluding carboxylic acids is 1. The summed E-state index contributed by atoms with van der Waals surface area (Å²) in [6.07, 6.45) is -8.56. The van der Waals surface area contributed by atoms with Crippen LogP contribution < -0.4 is 21.7 Å². The third-order valence-corrected chi connectivity index (χ3v) is 9.13. The number of anilines is 1. The van der Waals surface area contributed by atoms with Gasteiger partial charge in [0, 0.05) is 17.8 Å². The van der Waals surface area contributed by atoms with Crippen LogP contribution in [0.2, 0.25) is 0 Å². The van der Waals surface area contributed by atoms with Crippen molar-refractivity contribution in [3.63, 3.8) is 0 Å². The van der Waals surface area contributed by atoms with Crippen molar-refractivity contribution < 1.29 is 71.5 Å². The van der Waals surface area contributed by atoms with E-state index in [-0.39, 0.29) is 11.4 Å². The van der Waals surface area contributed by atoms with Crippen LogP contribution in [-0.2, 0) is 32.0 Å². The van der Waals surface area contributed by atoms with Crippen LogP contribution in [0.1, 0.15) is 28.4 Å². The molecule has 22 heteroatoms. The standard InChI is InChI=1S/C21H29N5O15P2/c1-9-5-26(21(32)24-17(9)22)20-16(30)14(28)12(40-20)8-38-43(35,36)41-42(33,34)37-7-11-13(27)15(29)19(39-11)25-4-2-3-10(6-25)18(23)31/h2-6,11-16,19-20,27-30H,7-8H2,1H3,(H5-,22,23,24,31,32,33,34,35,36)/p+1/t11?,12?,13?,14?,15?,16?,19-,20-/m1/s1. The molecule has 4 rings (SSSR count). The largest absolute Gasteiger partial charge is 0.481 e. The van der Waals surface area contributed by atoms with Gasteiger partial charge in [-0.3, -0.25) is 18.4 Å². The number of nitrogen functional groups attached to an aromatic ring is 1. The molecule has 8 unspecified atom stereocenters. The highest BCUT2D eigenvalue weighted by Gasteiger charge is 2.50. The molecule has 0 aromatic carbocycles. The van der Waals surface area contributed by atoms with Crippen molar-refractivity contribution in [1.29, 1.82) is 0 Å². The number of hydrogen-bond acceptors (Lipinski definition) is 15. The first-order valence-electron chi connectivity index (χ1n) is 12.3. The van der Waals surface area contributed by atoms with E-state index in [1.165, 1.54) is 42.2 Å². The van der Waals surface area contributed by atoms with Crippen molar-refractivity contribution in [1.82, 2.24) is 9.55 Å². The number of nitrogens with zero attached hydrogens (tertiary/aromatic N) is 3. The summed E-state index contributed by atoms with van der Waals surface area (Å²) in [4.78, 5) is 47.1. The number of rotatable bonds is 11. The number of aliphatic hydroxyl groups is 4. The minimum atomic E-state index is -5.40. The van der Waals surface area contributed by atoms with Crippen molar-refractivity contribution in [2.75, 3.05) is 18.9 Å². The van der Waals surface area contributed by atoms with Gasteiger partial charge in [-0.1, -0.05) is 0 Å². The van der Waals surface area contributed by atoms with E-state index in [4.69, 9.17) is 20.9 Å². The Morgan fingerprint density at radius 2 is 1.63 bits per heavy atom. The molecule has 0 bridgehead atoms. The smallest absolute Gasteiger partial charge is 0.387 e. The zero-order valence-electron chi connectivity index (χ0n) is 22.2. The van der Waals surface area contributed by atoms with E-state index < -0.39 is 89.5 Å². The molecule has 10 atom stereocenters. The summed E-state index contributed by atoms with van der Waals surface area (Å²) in [5.41, 5.74) is 10.3. The van der Waals surface area contributed by atoms with Crippen molar-refractivity contribution >= 4 is 27.4 Å². The van der Waals surface area contributed by atoms with Crippen molar-refractivity contribution in [2.45, 2.75) is 56.0 Å². The molecule has 2 aliphatic heterocycles. The number of nitrogens with two attached hydrogens (primary N) is 2. The predicted molar refractivity (Wildman–Crippen MR) is 137 cm³/mol. The lowest BCUT2D eigenvalue weighted by Crippen LogP contribution is -2.46. The van der Waals surface area contributed by atoms with Gasteiger partial charge in [0.15, 0.2) is 24.7 Å². The molecule has 2 aromatic rings. The molecule has 2 saturated heterocycles. The monoisotopic (exact) mass is 654 g/mol. The van der Waals surface area contributed by atoms with Crippen LogP contribution in [0.15, 0.2) is 35.5 Å². The zero-order valence-corrected chi connectivity index (χ0v) is 24.0. The number of phosphoric acid groups is 2. The van der Waals surface area contributed by atoms with E-state index in [0.717, 1.165) is 4.57 Å². The highest BCUT2D eigenvalue weighted by atomic mass is 31.3. The highest BCUT2D eigenvalue weighted by Crippen LogP contribution is 2.60. The summed E-state index contributed by atoms with van der Waals surface area (Å²) < 4.78 is 51.2. The molecule has 2 aliphatic rings. The van der Waals surface area contributed by atoms with E-state index in [1.54, 1.807) is 0 Å². The van der Waals surface area contributed by atoms with E-state index in [9.17, 15) is 48.9 Å². The maximum Gasteiger partial charge on any atom is 0.481 e. The maximum atomic E-state index is 12.4. The molecule has 43 heavy (non-hydrogen) atoms. The van der Waals surface area contributed by atoms with Gasteiger partial charge in [0.1, 0.15) is 41.9 Å². The van der Waals surface area contributed by atoms with Crippen LogP contribution in [-0.4, -0.2) is 95.5 Å². The van der Waals surface area contributed by atoms with E-state index in [2.05, 4.69) is 18.3 Å². The van der Waals surface area contributed by atoms with Gasteiger partial charge in [-0.15, -0.1) is 0 Å². The Labute approximate surface area is 241 Å². The van der Waals surface area contributed by atoms with Crippen LogP contribution in [0.3, 0.4) is 0 Å². The van der Waals surface area contributed by atoms with Crippen LogP contribution >= 0.6 is 15.6 Å². The number of aromatic nitrogens is 3. The maximum absolute atomic E-state index is 12.4. The highest BCUT2D eigenvalue weighted by molar-refractivity contribution is 7.61. The molecule has 1 amide bonds. The summed E-state index contributed by atoms with van der Waals surface area (Å²) in [5, 5.41) is 41.3. The lowest BCUT2D eigenvalue weighted by molar-refractivity contribution is -0.765. The molecule has 20 nitrogen and oxygen atoms in total. The first-order chi connectivity index (χ1) is 20.0. The van der Waals surface area contributed by atoms with E-state index in [0.29, 0.717) is 5.56 Å². The summed E-state index contributed by atoms with van der Waals surface area (Å²) in [6, 6.07) is 2.82. The van der Waals surface area contributed by atoms with Crippen LogP contribution in [0.25, 0.3) is 0 Å². The molecule has 2 aromatic heterocycles. The van der Waals surface area contributed by atoms with Crippen LogP contribution in [0.5, 0.6) is 0 Å². The number of primary amides is 1. The summed E-state index contributed by atoms with van der Waals surface area (Å²) in [5.74, 6) is -0.840. The van der Waals surface area contributed by atoms with Crippen molar-refractivity contribution in [3.8, 4) is 0 Å². The number of aryl methyl sites for hydroxylation is 1. The first kappa shape index (κ1) is 33.2. The molecular weight excluding hydrogens is 624 g/mol. The van der Waals surface area contributed by atoms with Gasteiger partial charge in [-0.25, -0.2) is 13.9 Å². The Balaban J connectivity index is 1.33. The fourth-order valence-corrected chi connectivity index (χ4v) is 6.37. The van der Waals surface area contributed by atoms with Crippen molar-refractivity contribution in [3.05, 3.63) is 52.3 Å². The normalized spacial score (nSPS) is 31.9. The predicted octanol–water partition coefficient (Wildman–Crippen LogP) is -3.29. The lowest BCUT2D eigenvalue weighted by atomic mass is 10.1. The minimum absolute atomic E-state index is 0.0614. The van der Waals surface area contributed by atoms with Crippen LogP contribution in [0.4, 0.5) is 5.82 Å². The number of phosphoric ester groups is 2. The Morgan fingerprint density at radius 3 is 2.23 bits per heavy atom. The van der Waals surface area contributed by atoms with Gasteiger partial charge in [0.25, 0.3) is 12.1 Å². The summed E-state index contributed by atoms with van der Waals surface area (Å²) in [6.45, 7) is -0.353. The first-order valence-corrected chi connectivity index (χ1v) is 15.3. The minimum Gasteiger partial charge on any atom is -0.387 e. The molecule has 2 fully saturated rings. The average Bonchev–Trinajstić information content (AvgIpc) is 3.37. The summed E-state index contributed by atoms with van der Waals surface area (Å²) in [7, 11) is -10.8. The van der Waals surface area contributed by atoms with Crippen LogP contribution in [0, 0.1) is 6.92 Å². The average molecular weight is 654 g/mol. The van der Waals surface area contributed by atoms with Gasteiger partial charge >= 0.3 is 21.3 Å². The Kier molecular flexibility index (Phi) is 9.84. The van der Waals surface area contributed by atoms with Crippen molar-refractivity contribution in [2.24, 2.45) is 5.73 Å². The molecule has 238 valence electrons. The number of carbonyl (C=O) groups is 1. The number of ether oxygens (including phenoxy) is 2. The van der Waals surface area contributed by atoms with E-state index >= 15 is 0 Å². The van der Waals surface area contributed by atoms with Gasteiger partial charge in [-0.05, 0) is 13.0 Å². The SMILES string of the molecule is Cc1cn([C@@H]2OC(COP(=O)(O)OP(=O)(O)OCC3O[C@@H]([n+]4cccc(C(N)=O)c4)C(O)C3O)C(O)C2O)c(=O)nc1N. The molecule has 0 saturated carbocycles. The zero-order chi connectivity index (χ0) is 31.9. The van der Waals surface area contributed by atoms with Gasteiger partial charge in [0.05, 0.1) is 13.2 Å². The second kappa shape index (κ2) is 12.7. The second-order valence-corrected chi connectivity index (χ2v) is 12.6. The quantitative estimate of drug-likeness (QED) is 0.0869. The number of hydrogen-bond donors (Lipinski definition) is 8. The molecular formula is C21H30N5O15P2+. The van der Waals surface area contributed by atoms with Gasteiger partial charge < -0.3 is 51.2 Å². The Bertz CT molecular complexity index is 1510.